The van der Waals surface area contributed by atoms with Crippen LogP contribution in [0.4, 0.5) is 4.79 Å². The van der Waals surface area contributed by atoms with Crippen molar-refractivity contribution in [1.82, 2.24) is 5.32 Å². The topological polar surface area (TPSA) is 71.3 Å². The summed E-state index contributed by atoms with van der Waals surface area (Å²) in [6, 6.07) is 2.42. The van der Waals surface area contributed by atoms with Gasteiger partial charge in [-0.2, -0.15) is 5.26 Å². The molecule has 1 atom stereocenters. The first-order valence-corrected chi connectivity index (χ1v) is 6.83. The van der Waals surface area contributed by atoms with Crippen LogP contribution in [0.25, 0.3) is 0 Å². The fourth-order valence-electron chi connectivity index (χ4n) is 2.89. The van der Waals surface area contributed by atoms with Crippen molar-refractivity contribution in [1.29, 1.82) is 5.26 Å². The molecule has 0 radical (unpaired) electrons. The highest BCUT2D eigenvalue weighted by molar-refractivity contribution is 5.69. The third kappa shape index (κ3) is 2.55. The van der Waals surface area contributed by atoms with Gasteiger partial charge in [-0.25, -0.2) is 4.79 Å². The van der Waals surface area contributed by atoms with Crippen molar-refractivity contribution in [2.24, 2.45) is 5.41 Å². The molecule has 0 aromatic rings. The minimum absolute atomic E-state index is 0.403. The third-order valence-electron chi connectivity index (χ3n) is 4.10. The van der Waals surface area contributed by atoms with E-state index in [2.05, 4.69) is 11.4 Å². The summed E-state index contributed by atoms with van der Waals surface area (Å²) in [7, 11) is 0. The number of rotatable bonds is 2. The van der Waals surface area contributed by atoms with Crippen LogP contribution < -0.4 is 5.32 Å². The Hall–Kier alpha value is -1.28. The Kier molecular flexibility index (Phi) is 3.48. The summed E-state index contributed by atoms with van der Waals surface area (Å²) in [6.07, 6.45) is 2.90. The lowest BCUT2D eigenvalue weighted by molar-refractivity contribution is 0.0113. The highest BCUT2D eigenvalue weighted by Gasteiger charge is 2.58. The van der Waals surface area contributed by atoms with E-state index in [4.69, 9.17) is 9.47 Å². The lowest BCUT2D eigenvalue weighted by Crippen LogP contribution is -2.63. The second-order valence-electron chi connectivity index (χ2n) is 6.56. The van der Waals surface area contributed by atoms with Gasteiger partial charge in [0.2, 0.25) is 0 Å². The van der Waals surface area contributed by atoms with E-state index in [-0.39, 0.29) is 0 Å². The van der Waals surface area contributed by atoms with Crippen molar-refractivity contribution >= 4 is 6.09 Å². The van der Waals surface area contributed by atoms with E-state index in [1.165, 1.54) is 0 Å². The molecule has 1 saturated carbocycles. The quantitative estimate of drug-likeness (QED) is 0.833. The van der Waals surface area contributed by atoms with Crippen LogP contribution in [0.1, 0.15) is 46.5 Å². The lowest BCUT2D eigenvalue weighted by Gasteiger charge is -2.49. The van der Waals surface area contributed by atoms with Gasteiger partial charge >= 0.3 is 6.09 Å². The molecule has 2 rings (SSSR count). The van der Waals surface area contributed by atoms with Gasteiger partial charge in [-0.3, -0.25) is 0 Å². The summed E-state index contributed by atoms with van der Waals surface area (Å²) in [4.78, 5) is 12.0. The summed E-state index contributed by atoms with van der Waals surface area (Å²) in [6.45, 7) is 6.47. The number of nitrogens with zero attached hydrogens (tertiary/aromatic N) is 1. The molecule has 5 nitrogen and oxygen atoms in total. The molecule has 5 heteroatoms. The summed E-state index contributed by atoms with van der Waals surface area (Å²) < 4.78 is 10.8. The number of amides is 1. The monoisotopic (exact) mass is 266 g/mol. The Morgan fingerprint density at radius 3 is 2.42 bits per heavy atom. The smallest absolute Gasteiger partial charge is 0.408 e. The molecule has 19 heavy (non-hydrogen) atoms. The van der Waals surface area contributed by atoms with Crippen LogP contribution in [-0.2, 0) is 9.47 Å². The van der Waals surface area contributed by atoms with Gasteiger partial charge < -0.3 is 14.8 Å². The van der Waals surface area contributed by atoms with Crippen molar-refractivity contribution in [3.63, 3.8) is 0 Å². The largest absolute Gasteiger partial charge is 0.444 e. The van der Waals surface area contributed by atoms with Gasteiger partial charge in [0.05, 0.1) is 23.6 Å². The van der Waals surface area contributed by atoms with Gasteiger partial charge in [0.15, 0.2) is 0 Å². The standard InChI is InChI=1S/C14H22N2O3/c1-12(2,3)19-11(17)16-14(7-8-18-10-14)13(9-15)5-4-6-13/h4-8,10H2,1-3H3,(H,16,17). The minimum atomic E-state index is -0.581. The summed E-state index contributed by atoms with van der Waals surface area (Å²) >= 11 is 0. The molecule has 0 aromatic carbocycles. The van der Waals surface area contributed by atoms with Gasteiger partial charge in [-0.05, 0) is 40.0 Å². The van der Waals surface area contributed by atoms with Gasteiger partial charge in [0.1, 0.15) is 5.60 Å². The average molecular weight is 266 g/mol. The number of carbonyl (C=O) groups is 1. The number of carbonyl (C=O) groups excluding carboxylic acids is 1. The van der Waals surface area contributed by atoms with Crippen molar-refractivity contribution in [3.8, 4) is 6.07 Å². The van der Waals surface area contributed by atoms with Crippen LogP contribution in [-0.4, -0.2) is 30.4 Å². The van der Waals surface area contributed by atoms with Crippen LogP contribution in [0, 0.1) is 16.7 Å². The third-order valence-corrected chi connectivity index (χ3v) is 4.10. The Labute approximate surface area is 114 Å². The van der Waals surface area contributed by atoms with Gasteiger partial charge in [-0.1, -0.05) is 6.42 Å². The molecule has 2 aliphatic rings. The van der Waals surface area contributed by atoms with Crippen molar-refractivity contribution < 1.29 is 14.3 Å². The number of ether oxygens (including phenoxy) is 2. The second kappa shape index (κ2) is 4.68. The van der Waals surface area contributed by atoms with Crippen LogP contribution in [0.2, 0.25) is 0 Å². The molecule has 1 unspecified atom stereocenters. The summed E-state index contributed by atoms with van der Waals surface area (Å²) in [5, 5.41) is 12.4. The number of nitrogens with one attached hydrogen (secondary N) is 1. The maximum atomic E-state index is 12.0. The first-order valence-electron chi connectivity index (χ1n) is 6.83. The Bertz CT molecular complexity index is 396. The van der Waals surface area contributed by atoms with Crippen LogP contribution >= 0.6 is 0 Å². The van der Waals surface area contributed by atoms with Crippen molar-refractivity contribution in [2.45, 2.75) is 57.6 Å². The molecule has 1 heterocycles. The van der Waals surface area contributed by atoms with Crippen LogP contribution in [0.5, 0.6) is 0 Å². The molecule has 1 saturated heterocycles. The van der Waals surface area contributed by atoms with Crippen LogP contribution in [0.3, 0.4) is 0 Å². The van der Waals surface area contributed by atoms with E-state index >= 15 is 0 Å². The van der Waals surface area contributed by atoms with Gasteiger partial charge in [0.25, 0.3) is 0 Å². The number of alkyl carbamates (subject to hydrolysis) is 1. The molecule has 2 fully saturated rings. The minimum Gasteiger partial charge on any atom is -0.444 e. The summed E-state index contributed by atoms with van der Waals surface area (Å²) in [5.41, 5.74) is -1.60. The molecule has 0 aromatic heterocycles. The van der Waals surface area contributed by atoms with E-state index in [9.17, 15) is 10.1 Å². The zero-order chi connectivity index (χ0) is 14.1. The number of hydrogen-bond acceptors (Lipinski definition) is 4. The maximum Gasteiger partial charge on any atom is 0.408 e. The van der Waals surface area contributed by atoms with Gasteiger partial charge in [-0.15, -0.1) is 0 Å². The SMILES string of the molecule is CC(C)(C)OC(=O)NC1(C2(C#N)CCC2)CCOC1. The average Bonchev–Trinajstić information content (AvgIpc) is 2.63. The molecule has 106 valence electrons. The first-order chi connectivity index (χ1) is 8.83. The molecule has 0 spiro atoms. The zero-order valence-electron chi connectivity index (χ0n) is 11.9. The van der Waals surface area contributed by atoms with Crippen LogP contribution in [0.15, 0.2) is 0 Å². The van der Waals surface area contributed by atoms with E-state index in [1.807, 2.05) is 20.8 Å². The molecule has 1 aliphatic carbocycles. The summed E-state index contributed by atoms with van der Waals surface area (Å²) in [5.74, 6) is 0. The van der Waals surface area contributed by atoms with Crippen molar-refractivity contribution in [2.75, 3.05) is 13.2 Å². The fourth-order valence-corrected chi connectivity index (χ4v) is 2.89. The molecular weight excluding hydrogens is 244 g/mol. The predicted molar refractivity (Wildman–Crippen MR) is 69.4 cm³/mol. The second-order valence-corrected chi connectivity index (χ2v) is 6.56. The highest BCUT2D eigenvalue weighted by atomic mass is 16.6. The van der Waals surface area contributed by atoms with Crippen molar-refractivity contribution in [3.05, 3.63) is 0 Å². The maximum absolute atomic E-state index is 12.0. The molecule has 1 aliphatic heterocycles. The highest BCUT2D eigenvalue weighted by Crippen LogP contribution is 2.51. The van der Waals surface area contributed by atoms with E-state index in [0.29, 0.717) is 19.6 Å². The Balaban J connectivity index is 2.13. The molecule has 1 N–H and O–H groups in total. The van der Waals surface area contributed by atoms with E-state index in [0.717, 1.165) is 19.3 Å². The predicted octanol–water partition coefficient (Wildman–Crippen LogP) is 2.36. The molecule has 0 bridgehead atoms. The molecule has 1 amide bonds. The Morgan fingerprint density at radius 2 is 2.05 bits per heavy atom. The number of nitriles is 1. The lowest BCUT2D eigenvalue weighted by atomic mass is 9.57. The van der Waals surface area contributed by atoms with Gasteiger partial charge in [0, 0.05) is 6.61 Å². The first kappa shape index (κ1) is 14.1. The fraction of sp³-hybridized carbons (Fsp3) is 0.857. The number of hydrogen-bond donors (Lipinski definition) is 1. The zero-order valence-corrected chi connectivity index (χ0v) is 11.9. The Morgan fingerprint density at radius 1 is 1.37 bits per heavy atom. The molecular formula is C14H22N2O3. The van der Waals surface area contributed by atoms with E-state index < -0.39 is 22.6 Å². The van der Waals surface area contributed by atoms with E-state index in [1.54, 1.807) is 0 Å². The normalized spacial score (nSPS) is 29.2.